The third kappa shape index (κ3) is 4.73. The SMILES string of the molecule is CCc1ccc(C(=O)NNC(=O)c2ccc(-c3nnc(-c4cccc(C)c4)o3)cc2)cc1. The highest BCUT2D eigenvalue weighted by molar-refractivity contribution is 5.99. The minimum Gasteiger partial charge on any atom is -0.416 e. The van der Waals surface area contributed by atoms with Gasteiger partial charge in [0.2, 0.25) is 11.8 Å². The molecular weight excluding hydrogens is 404 g/mol. The van der Waals surface area contributed by atoms with Crippen molar-refractivity contribution in [1.82, 2.24) is 21.0 Å². The van der Waals surface area contributed by atoms with Crippen molar-refractivity contribution in [3.63, 3.8) is 0 Å². The number of carbonyl (C=O) groups excluding carboxylic acids is 2. The molecule has 4 rings (SSSR count). The van der Waals surface area contributed by atoms with Crippen molar-refractivity contribution >= 4 is 11.8 Å². The lowest BCUT2D eigenvalue weighted by molar-refractivity contribution is 0.0846. The number of hydrazine groups is 1. The number of aryl methyl sites for hydroxylation is 2. The van der Waals surface area contributed by atoms with E-state index in [2.05, 4.69) is 21.0 Å². The molecule has 32 heavy (non-hydrogen) atoms. The molecule has 2 N–H and O–H groups in total. The van der Waals surface area contributed by atoms with Crippen LogP contribution in [0.15, 0.2) is 77.2 Å². The maximum Gasteiger partial charge on any atom is 0.269 e. The van der Waals surface area contributed by atoms with Gasteiger partial charge in [-0.3, -0.25) is 20.4 Å². The molecule has 0 saturated carbocycles. The summed E-state index contributed by atoms with van der Waals surface area (Å²) >= 11 is 0. The van der Waals surface area contributed by atoms with Gasteiger partial charge < -0.3 is 4.42 Å². The second kappa shape index (κ2) is 9.26. The zero-order valence-electron chi connectivity index (χ0n) is 17.8. The van der Waals surface area contributed by atoms with Crippen LogP contribution >= 0.6 is 0 Å². The summed E-state index contributed by atoms with van der Waals surface area (Å²) < 4.78 is 5.78. The molecule has 0 aliphatic rings. The molecule has 2 amide bonds. The minimum absolute atomic E-state index is 0.359. The lowest BCUT2D eigenvalue weighted by Crippen LogP contribution is -2.41. The average molecular weight is 426 g/mol. The van der Waals surface area contributed by atoms with E-state index < -0.39 is 5.91 Å². The van der Waals surface area contributed by atoms with E-state index in [1.165, 1.54) is 0 Å². The number of benzene rings is 3. The number of hydrogen-bond acceptors (Lipinski definition) is 5. The van der Waals surface area contributed by atoms with Gasteiger partial charge in [-0.15, -0.1) is 10.2 Å². The molecule has 0 spiro atoms. The predicted molar refractivity (Wildman–Crippen MR) is 121 cm³/mol. The Hall–Kier alpha value is -4.26. The number of amides is 2. The Bertz CT molecular complexity index is 1240. The summed E-state index contributed by atoms with van der Waals surface area (Å²) in [7, 11) is 0. The summed E-state index contributed by atoms with van der Waals surface area (Å²) in [6.45, 7) is 4.04. The quantitative estimate of drug-likeness (QED) is 0.463. The molecule has 7 nitrogen and oxygen atoms in total. The second-order valence-electron chi connectivity index (χ2n) is 7.32. The zero-order valence-corrected chi connectivity index (χ0v) is 17.8. The van der Waals surface area contributed by atoms with E-state index in [1.54, 1.807) is 36.4 Å². The third-order valence-corrected chi connectivity index (χ3v) is 5.00. The molecular formula is C25H22N4O3. The normalized spacial score (nSPS) is 10.6. The van der Waals surface area contributed by atoms with Gasteiger partial charge in [0.15, 0.2) is 0 Å². The Labute approximate surface area is 185 Å². The highest BCUT2D eigenvalue weighted by Crippen LogP contribution is 2.24. The van der Waals surface area contributed by atoms with E-state index in [-0.39, 0.29) is 5.91 Å². The molecule has 7 heteroatoms. The predicted octanol–water partition coefficient (Wildman–Crippen LogP) is 4.35. The Morgan fingerprint density at radius 2 is 1.34 bits per heavy atom. The summed E-state index contributed by atoms with van der Waals surface area (Å²) in [5, 5.41) is 8.20. The van der Waals surface area contributed by atoms with Crippen LogP contribution in [0.3, 0.4) is 0 Å². The first kappa shape index (κ1) is 21.0. The van der Waals surface area contributed by atoms with Crippen molar-refractivity contribution in [2.75, 3.05) is 0 Å². The van der Waals surface area contributed by atoms with Gasteiger partial charge in [-0.25, -0.2) is 0 Å². The first-order chi connectivity index (χ1) is 15.5. The number of aromatic nitrogens is 2. The maximum atomic E-state index is 12.4. The fourth-order valence-corrected chi connectivity index (χ4v) is 3.15. The molecule has 0 unspecified atom stereocenters. The standard InChI is InChI=1S/C25H22N4O3/c1-3-17-7-9-18(10-8-17)22(30)26-27-23(31)19-11-13-20(14-12-19)24-28-29-25(32-24)21-6-4-5-16(2)15-21/h4-15H,3H2,1-2H3,(H,26,30)(H,27,31). The van der Waals surface area contributed by atoms with Crippen molar-refractivity contribution in [2.45, 2.75) is 20.3 Å². The van der Waals surface area contributed by atoms with Crippen molar-refractivity contribution in [3.8, 4) is 22.9 Å². The zero-order chi connectivity index (χ0) is 22.5. The van der Waals surface area contributed by atoms with E-state index >= 15 is 0 Å². The fourth-order valence-electron chi connectivity index (χ4n) is 3.15. The Balaban J connectivity index is 1.39. The highest BCUT2D eigenvalue weighted by atomic mass is 16.4. The van der Waals surface area contributed by atoms with Gasteiger partial charge >= 0.3 is 0 Å². The molecule has 1 aromatic heterocycles. The lowest BCUT2D eigenvalue weighted by Gasteiger charge is -2.08. The maximum absolute atomic E-state index is 12.4. The van der Waals surface area contributed by atoms with Crippen LogP contribution in [0.1, 0.15) is 38.8 Å². The van der Waals surface area contributed by atoms with Gasteiger partial charge in [0.1, 0.15) is 0 Å². The molecule has 160 valence electrons. The smallest absolute Gasteiger partial charge is 0.269 e. The number of nitrogens with one attached hydrogen (secondary N) is 2. The molecule has 0 aliphatic carbocycles. The summed E-state index contributed by atoms with van der Waals surface area (Å²) in [6, 6.07) is 21.7. The molecule has 1 heterocycles. The van der Waals surface area contributed by atoms with E-state index in [4.69, 9.17) is 4.42 Å². The summed E-state index contributed by atoms with van der Waals surface area (Å²) in [5.41, 5.74) is 9.48. The van der Waals surface area contributed by atoms with Crippen LogP contribution in [0, 0.1) is 6.92 Å². The van der Waals surface area contributed by atoms with Crippen LogP contribution < -0.4 is 10.9 Å². The van der Waals surface area contributed by atoms with Crippen LogP contribution in [0.4, 0.5) is 0 Å². The molecule has 0 bridgehead atoms. The molecule has 0 radical (unpaired) electrons. The summed E-state index contributed by atoms with van der Waals surface area (Å²) in [5.74, 6) is -0.0225. The van der Waals surface area contributed by atoms with Crippen LogP contribution in [0.5, 0.6) is 0 Å². The first-order valence-electron chi connectivity index (χ1n) is 10.2. The highest BCUT2D eigenvalue weighted by Gasteiger charge is 2.13. The molecule has 0 fully saturated rings. The van der Waals surface area contributed by atoms with Crippen molar-refractivity contribution in [3.05, 3.63) is 95.1 Å². The largest absolute Gasteiger partial charge is 0.416 e. The molecule has 0 saturated heterocycles. The molecule has 0 atom stereocenters. The lowest BCUT2D eigenvalue weighted by atomic mass is 10.1. The average Bonchev–Trinajstić information content (AvgIpc) is 3.33. The number of hydrogen-bond donors (Lipinski definition) is 2. The van der Waals surface area contributed by atoms with Crippen LogP contribution in [-0.2, 0) is 6.42 Å². The Kier molecular flexibility index (Phi) is 6.07. The van der Waals surface area contributed by atoms with E-state index in [0.29, 0.717) is 28.5 Å². The Morgan fingerprint density at radius 1 is 0.781 bits per heavy atom. The Morgan fingerprint density at radius 3 is 1.91 bits per heavy atom. The molecule has 3 aromatic carbocycles. The number of nitrogens with zero attached hydrogens (tertiary/aromatic N) is 2. The van der Waals surface area contributed by atoms with Crippen molar-refractivity contribution in [1.29, 1.82) is 0 Å². The summed E-state index contributed by atoms with van der Waals surface area (Å²) in [6.07, 6.45) is 0.894. The minimum atomic E-state index is -0.430. The fraction of sp³-hybridized carbons (Fsp3) is 0.120. The van der Waals surface area contributed by atoms with Crippen molar-refractivity contribution < 1.29 is 14.0 Å². The molecule has 4 aromatic rings. The van der Waals surface area contributed by atoms with E-state index in [0.717, 1.165) is 23.1 Å². The van der Waals surface area contributed by atoms with Gasteiger partial charge in [-0.05, 0) is 67.4 Å². The van der Waals surface area contributed by atoms with Gasteiger partial charge in [-0.1, -0.05) is 36.8 Å². The van der Waals surface area contributed by atoms with E-state index in [9.17, 15) is 9.59 Å². The summed E-state index contributed by atoms with van der Waals surface area (Å²) in [4.78, 5) is 24.6. The molecule has 0 aliphatic heterocycles. The first-order valence-corrected chi connectivity index (χ1v) is 10.2. The second-order valence-corrected chi connectivity index (χ2v) is 7.32. The van der Waals surface area contributed by atoms with Gasteiger partial charge in [0.25, 0.3) is 11.8 Å². The van der Waals surface area contributed by atoms with Crippen LogP contribution in [0.25, 0.3) is 22.9 Å². The van der Waals surface area contributed by atoms with Crippen molar-refractivity contribution in [2.24, 2.45) is 0 Å². The third-order valence-electron chi connectivity index (χ3n) is 5.00. The van der Waals surface area contributed by atoms with Gasteiger partial charge in [-0.2, -0.15) is 0 Å². The monoisotopic (exact) mass is 426 g/mol. The van der Waals surface area contributed by atoms with Gasteiger partial charge in [0, 0.05) is 22.3 Å². The van der Waals surface area contributed by atoms with Crippen LogP contribution in [0.2, 0.25) is 0 Å². The number of rotatable bonds is 5. The number of carbonyl (C=O) groups is 2. The topological polar surface area (TPSA) is 97.1 Å². The van der Waals surface area contributed by atoms with Crippen LogP contribution in [-0.4, -0.2) is 22.0 Å². The van der Waals surface area contributed by atoms with Gasteiger partial charge in [0.05, 0.1) is 0 Å². The van der Waals surface area contributed by atoms with E-state index in [1.807, 2.05) is 50.2 Å².